The number of rotatable bonds is 7. The van der Waals surface area contributed by atoms with E-state index < -0.39 is 0 Å². The second-order valence-corrected chi connectivity index (χ2v) is 10.5. The van der Waals surface area contributed by atoms with Crippen LogP contribution in [-0.4, -0.2) is 35.9 Å². The molecule has 9 heteroatoms. The van der Waals surface area contributed by atoms with E-state index in [1.807, 2.05) is 60.8 Å². The van der Waals surface area contributed by atoms with Crippen molar-refractivity contribution < 1.29 is 9.53 Å². The highest BCUT2D eigenvalue weighted by Crippen LogP contribution is 2.37. The first-order valence-corrected chi connectivity index (χ1v) is 13.5. The molecule has 0 atom stereocenters. The molecule has 7 aromatic rings. The fraction of sp³-hybridized carbons (Fsp3) is 0.0645. The van der Waals surface area contributed by atoms with Crippen LogP contribution in [0.4, 0.5) is 0 Å². The monoisotopic (exact) mass is 542 g/mol. The molecule has 6 heterocycles. The molecule has 0 bridgehead atoms. The third-order valence-electron chi connectivity index (χ3n) is 6.72. The van der Waals surface area contributed by atoms with Gasteiger partial charge in [-0.2, -0.15) is 5.10 Å². The second-order valence-electron chi connectivity index (χ2n) is 9.42. The summed E-state index contributed by atoms with van der Waals surface area (Å²) in [5.74, 6) is 0.731. The summed E-state index contributed by atoms with van der Waals surface area (Å²) in [6, 6.07) is 19.9. The summed E-state index contributed by atoms with van der Waals surface area (Å²) in [5.41, 5.74) is 7.02. The van der Waals surface area contributed by atoms with Gasteiger partial charge in [-0.1, -0.05) is 30.3 Å². The Bertz CT molecular complexity index is 2010. The lowest BCUT2D eigenvalue weighted by molar-refractivity contribution is 0.102. The van der Waals surface area contributed by atoms with Gasteiger partial charge in [0.15, 0.2) is 5.78 Å². The van der Waals surface area contributed by atoms with Gasteiger partial charge in [0, 0.05) is 39.2 Å². The molecule has 0 radical (unpaired) electrons. The molecule has 0 aliphatic carbocycles. The Hall–Kier alpha value is -5.15. The number of carbonyl (C=O) groups is 1. The Labute approximate surface area is 232 Å². The van der Waals surface area contributed by atoms with Gasteiger partial charge in [0.1, 0.15) is 18.1 Å². The molecule has 194 valence electrons. The number of ketones is 1. The molecule has 0 aliphatic heterocycles. The van der Waals surface area contributed by atoms with Crippen LogP contribution in [0.3, 0.4) is 0 Å². The summed E-state index contributed by atoms with van der Waals surface area (Å²) in [5, 5.41) is 9.65. The predicted octanol–water partition coefficient (Wildman–Crippen LogP) is 7.07. The van der Waals surface area contributed by atoms with Crippen LogP contribution in [0.5, 0.6) is 5.75 Å². The molecule has 0 unspecified atom stereocenters. The number of aromatic nitrogens is 6. The number of H-pyrrole nitrogens is 2. The van der Waals surface area contributed by atoms with Gasteiger partial charge in [-0.15, -0.1) is 11.3 Å². The first-order chi connectivity index (χ1) is 19.6. The maximum Gasteiger partial charge on any atom is 0.169 e. The van der Waals surface area contributed by atoms with Crippen LogP contribution >= 0.6 is 11.3 Å². The standard InChI is InChI=1S/C31H22N6O2S/c1-18(38)29-7-8-30(40-29)24-14-33-15-27-22(24)10-26(35-27)31-23-11-25(34-16-28(23)36-37-31)20-9-21(13-32-12-20)39-17-19-5-3-2-4-6-19/h2-16,35H,17H2,1H3,(H,36,37). The van der Waals surface area contributed by atoms with Gasteiger partial charge in [0.05, 0.1) is 45.9 Å². The minimum absolute atomic E-state index is 0.0574. The molecule has 0 fully saturated rings. The van der Waals surface area contributed by atoms with Crippen LogP contribution < -0.4 is 4.74 Å². The number of carbonyl (C=O) groups excluding carboxylic acids is 1. The summed E-state index contributed by atoms with van der Waals surface area (Å²) >= 11 is 1.47. The highest BCUT2D eigenvalue weighted by molar-refractivity contribution is 7.17. The summed E-state index contributed by atoms with van der Waals surface area (Å²) < 4.78 is 5.98. The Kier molecular flexibility index (Phi) is 5.90. The van der Waals surface area contributed by atoms with E-state index in [0.29, 0.717) is 12.4 Å². The fourth-order valence-corrected chi connectivity index (χ4v) is 5.63. The molecule has 1 aromatic carbocycles. The molecule has 0 saturated heterocycles. The number of aromatic amines is 2. The molecule has 8 nitrogen and oxygen atoms in total. The van der Waals surface area contributed by atoms with Crippen molar-refractivity contribution in [1.82, 2.24) is 30.1 Å². The van der Waals surface area contributed by atoms with Crippen LogP contribution in [0.15, 0.2) is 91.6 Å². The molecule has 40 heavy (non-hydrogen) atoms. The molecule has 0 spiro atoms. The number of thiophene rings is 1. The van der Waals surface area contributed by atoms with E-state index >= 15 is 0 Å². The number of fused-ring (bicyclic) bond motifs is 2. The van der Waals surface area contributed by atoms with Gasteiger partial charge in [0.2, 0.25) is 0 Å². The van der Waals surface area contributed by atoms with E-state index in [9.17, 15) is 4.79 Å². The number of nitrogens with zero attached hydrogens (tertiary/aromatic N) is 4. The lowest BCUT2D eigenvalue weighted by Crippen LogP contribution is -1.96. The molecule has 6 aromatic heterocycles. The Morgan fingerprint density at radius 2 is 1.77 bits per heavy atom. The molecular formula is C31H22N6O2S. The van der Waals surface area contributed by atoms with Gasteiger partial charge in [-0.05, 0) is 42.8 Å². The minimum atomic E-state index is 0.0574. The number of hydrogen-bond donors (Lipinski definition) is 2. The lowest BCUT2D eigenvalue weighted by atomic mass is 10.1. The third-order valence-corrected chi connectivity index (χ3v) is 7.94. The molecule has 0 aliphatic rings. The summed E-state index contributed by atoms with van der Waals surface area (Å²) in [4.78, 5) is 30.5. The minimum Gasteiger partial charge on any atom is -0.487 e. The van der Waals surface area contributed by atoms with Crippen LogP contribution in [-0.2, 0) is 6.61 Å². The van der Waals surface area contributed by atoms with Gasteiger partial charge in [-0.25, -0.2) is 0 Å². The first-order valence-electron chi connectivity index (χ1n) is 12.7. The first kappa shape index (κ1) is 23.9. The summed E-state index contributed by atoms with van der Waals surface area (Å²) in [7, 11) is 0. The zero-order valence-electron chi connectivity index (χ0n) is 21.4. The van der Waals surface area contributed by atoms with Crippen molar-refractivity contribution in [2.45, 2.75) is 13.5 Å². The quantitative estimate of drug-likeness (QED) is 0.208. The highest BCUT2D eigenvalue weighted by Gasteiger charge is 2.16. The van der Waals surface area contributed by atoms with Crippen LogP contribution in [0.2, 0.25) is 0 Å². The van der Waals surface area contributed by atoms with Crippen molar-refractivity contribution in [3.05, 3.63) is 102 Å². The van der Waals surface area contributed by atoms with Crippen molar-refractivity contribution in [3.63, 3.8) is 0 Å². The maximum atomic E-state index is 11.8. The number of pyridine rings is 3. The van der Waals surface area contributed by atoms with Crippen LogP contribution in [0.1, 0.15) is 22.2 Å². The number of Topliss-reactive ketones (excluding diaryl/α,β-unsaturated/α-hetero) is 1. The van der Waals surface area contributed by atoms with E-state index in [-0.39, 0.29) is 5.78 Å². The molecule has 2 N–H and O–H groups in total. The van der Waals surface area contributed by atoms with Crippen LogP contribution in [0.25, 0.3) is 54.9 Å². The lowest BCUT2D eigenvalue weighted by Gasteiger charge is -2.08. The van der Waals surface area contributed by atoms with Gasteiger partial charge in [0.25, 0.3) is 0 Å². The molecule has 0 amide bonds. The Morgan fingerprint density at radius 3 is 2.62 bits per heavy atom. The zero-order chi connectivity index (χ0) is 27.1. The molecule has 0 saturated carbocycles. The van der Waals surface area contributed by atoms with E-state index in [1.54, 1.807) is 31.7 Å². The SMILES string of the molecule is CC(=O)c1ccc(-c2cncc3[nH]c(-c4n[nH]c5cnc(-c6cncc(OCc7ccccc7)c6)cc45)cc23)s1. The van der Waals surface area contributed by atoms with Crippen LogP contribution in [0, 0.1) is 0 Å². The topological polar surface area (TPSA) is 109 Å². The van der Waals surface area contributed by atoms with Gasteiger partial charge < -0.3 is 9.72 Å². The third kappa shape index (κ3) is 4.42. The number of hydrogen-bond acceptors (Lipinski definition) is 7. The number of nitrogens with one attached hydrogen (secondary N) is 2. The van der Waals surface area contributed by atoms with E-state index in [1.165, 1.54) is 11.3 Å². The zero-order valence-corrected chi connectivity index (χ0v) is 22.2. The van der Waals surface area contributed by atoms with Crippen molar-refractivity contribution in [3.8, 4) is 38.8 Å². The summed E-state index contributed by atoms with van der Waals surface area (Å²) in [6.45, 7) is 2.04. The number of ether oxygens (including phenoxy) is 1. The molecule has 7 rings (SSSR count). The average Bonchev–Trinajstić information content (AvgIpc) is 3.74. The Morgan fingerprint density at radius 1 is 0.900 bits per heavy atom. The average molecular weight is 543 g/mol. The van der Waals surface area contributed by atoms with Crippen molar-refractivity contribution in [1.29, 1.82) is 0 Å². The summed E-state index contributed by atoms with van der Waals surface area (Å²) in [6.07, 6.45) is 8.90. The predicted molar refractivity (Wildman–Crippen MR) is 156 cm³/mol. The second kappa shape index (κ2) is 9.87. The van der Waals surface area contributed by atoms with Gasteiger partial charge >= 0.3 is 0 Å². The Balaban J connectivity index is 1.23. The normalized spacial score (nSPS) is 11.3. The highest BCUT2D eigenvalue weighted by atomic mass is 32.1. The largest absolute Gasteiger partial charge is 0.487 e. The van der Waals surface area contributed by atoms with E-state index in [0.717, 1.165) is 65.3 Å². The van der Waals surface area contributed by atoms with Crippen molar-refractivity contribution in [2.75, 3.05) is 0 Å². The van der Waals surface area contributed by atoms with E-state index in [4.69, 9.17) is 4.74 Å². The number of benzene rings is 1. The maximum absolute atomic E-state index is 11.8. The van der Waals surface area contributed by atoms with Gasteiger partial charge in [-0.3, -0.25) is 24.8 Å². The van der Waals surface area contributed by atoms with Crippen molar-refractivity contribution in [2.24, 2.45) is 0 Å². The smallest absolute Gasteiger partial charge is 0.169 e. The van der Waals surface area contributed by atoms with E-state index in [2.05, 4.69) is 36.2 Å². The fourth-order valence-electron chi connectivity index (χ4n) is 4.71. The molecular weight excluding hydrogens is 520 g/mol. The van der Waals surface area contributed by atoms with Crippen molar-refractivity contribution >= 4 is 38.9 Å².